The molecule has 0 aliphatic carbocycles. The van der Waals surface area contributed by atoms with Gasteiger partial charge in [0.25, 0.3) is 0 Å². The first-order valence-electron chi connectivity index (χ1n) is 9.69. The number of methoxy groups -OCH3 is 1. The maximum Gasteiger partial charge on any atom is 0.191 e. The van der Waals surface area contributed by atoms with Crippen LogP contribution >= 0.6 is 0 Å². The number of hydrogen-bond acceptors (Lipinski definition) is 7. The summed E-state index contributed by atoms with van der Waals surface area (Å²) in [5, 5.41) is 5.10. The van der Waals surface area contributed by atoms with Crippen LogP contribution in [-0.2, 0) is 0 Å². The number of rotatable bonds is 4. The highest BCUT2D eigenvalue weighted by Crippen LogP contribution is 2.30. The molecular weight excluding hydrogens is 385 g/mol. The van der Waals surface area contributed by atoms with Gasteiger partial charge < -0.3 is 14.5 Å². The molecule has 152 valence electrons. The van der Waals surface area contributed by atoms with Crippen molar-refractivity contribution in [3.63, 3.8) is 0 Å². The first-order valence-corrected chi connectivity index (χ1v) is 9.69. The molecule has 4 heterocycles. The van der Waals surface area contributed by atoms with Gasteiger partial charge in [0.2, 0.25) is 0 Å². The second-order valence-corrected chi connectivity index (χ2v) is 6.95. The number of pyridine rings is 1. The Labute approximate surface area is 172 Å². The summed E-state index contributed by atoms with van der Waals surface area (Å²) in [6.07, 6.45) is 4.69. The highest BCUT2D eigenvalue weighted by Gasteiger charge is 2.23. The Hall–Kier alpha value is -3.75. The monoisotopic (exact) mass is 405 g/mol. The largest absolute Gasteiger partial charge is 0.495 e. The van der Waals surface area contributed by atoms with Gasteiger partial charge in [-0.15, -0.1) is 0 Å². The number of halogens is 1. The predicted molar refractivity (Wildman–Crippen MR) is 112 cm³/mol. The minimum Gasteiger partial charge on any atom is -0.495 e. The molecule has 3 aromatic heterocycles. The Balaban J connectivity index is 1.42. The van der Waals surface area contributed by atoms with E-state index < -0.39 is 5.82 Å². The van der Waals surface area contributed by atoms with Gasteiger partial charge in [0.1, 0.15) is 17.9 Å². The van der Waals surface area contributed by atoms with Crippen molar-refractivity contribution in [2.24, 2.45) is 0 Å². The van der Waals surface area contributed by atoms with Crippen molar-refractivity contribution in [2.75, 3.05) is 43.1 Å². The maximum atomic E-state index is 14.2. The number of piperazine rings is 1. The summed E-state index contributed by atoms with van der Waals surface area (Å²) in [7, 11) is 1.69. The molecule has 4 aromatic rings. The van der Waals surface area contributed by atoms with E-state index in [0.29, 0.717) is 5.65 Å². The molecule has 9 heteroatoms. The van der Waals surface area contributed by atoms with Gasteiger partial charge in [0, 0.05) is 32.4 Å². The maximum absolute atomic E-state index is 14.2. The summed E-state index contributed by atoms with van der Waals surface area (Å²) in [5.74, 6) is 1.34. The lowest BCUT2D eigenvalue weighted by molar-refractivity contribution is 0.413. The number of hydrogen-bond donors (Lipinski definition) is 0. The van der Waals surface area contributed by atoms with E-state index in [-0.39, 0.29) is 5.82 Å². The highest BCUT2D eigenvalue weighted by molar-refractivity contribution is 5.87. The Bertz CT molecular complexity index is 1190. The minimum atomic E-state index is -0.451. The lowest BCUT2D eigenvalue weighted by atomic mass is 10.2. The van der Waals surface area contributed by atoms with Crippen molar-refractivity contribution >= 4 is 22.5 Å². The first-order chi connectivity index (χ1) is 14.8. The van der Waals surface area contributed by atoms with E-state index >= 15 is 0 Å². The second-order valence-electron chi connectivity index (χ2n) is 6.95. The molecule has 0 amide bonds. The van der Waals surface area contributed by atoms with Gasteiger partial charge in [0.15, 0.2) is 17.3 Å². The van der Waals surface area contributed by atoms with Crippen LogP contribution in [0.3, 0.4) is 0 Å². The van der Waals surface area contributed by atoms with Crippen molar-refractivity contribution in [2.45, 2.75) is 0 Å². The average molecular weight is 405 g/mol. The highest BCUT2D eigenvalue weighted by atomic mass is 19.1. The summed E-state index contributed by atoms with van der Waals surface area (Å²) in [5.41, 5.74) is 1.62. The van der Waals surface area contributed by atoms with E-state index in [0.717, 1.165) is 48.8 Å². The molecule has 1 aliphatic rings. The fraction of sp³-hybridized carbons (Fsp3) is 0.238. The summed E-state index contributed by atoms with van der Waals surface area (Å²) in [6.45, 7) is 3.23. The third-order valence-electron chi connectivity index (χ3n) is 5.29. The smallest absolute Gasteiger partial charge is 0.191 e. The average Bonchev–Trinajstić information content (AvgIpc) is 3.23. The summed E-state index contributed by atoms with van der Waals surface area (Å²) in [6, 6.07) is 10.9. The van der Waals surface area contributed by atoms with Gasteiger partial charge >= 0.3 is 0 Å². The summed E-state index contributed by atoms with van der Waals surface area (Å²) >= 11 is 0. The lowest BCUT2D eigenvalue weighted by Crippen LogP contribution is -2.47. The van der Waals surface area contributed by atoms with E-state index in [1.165, 1.54) is 23.3 Å². The van der Waals surface area contributed by atoms with Crippen LogP contribution in [-0.4, -0.2) is 58.0 Å². The standard InChI is InChI=1S/C21H20FN7O/c1-30-18-7-3-2-6-17(18)27-9-11-28(12-10-27)19-15-13-26-29(20(15)25-14-24-19)21-16(22)5-4-8-23-21/h2-8,13-14H,9-12H2,1H3. The van der Waals surface area contributed by atoms with Crippen LogP contribution in [0.2, 0.25) is 0 Å². The molecule has 1 fully saturated rings. The van der Waals surface area contributed by atoms with Gasteiger partial charge in [-0.05, 0) is 24.3 Å². The Morgan fingerprint density at radius 2 is 1.70 bits per heavy atom. The van der Waals surface area contributed by atoms with Crippen molar-refractivity contribution in [3.05, 3.63) is 60.9 Å². The second kappa shape index (κ2) is 7.58. The number of para-hydroxylation sites is 2. The molecule has 0 bridgehead atoms. The SMILES string of the molecule is COc1ccccc1N1CCN(c2ncnc3c2cnn3-c2ncccc2F)CC1. The van der Waals surface area contributed by atoms with E-state index in [4.69, 9.17) is 4.74 Å². The molecule has 5 rings (SSSR count). The third kappa shape index (κ3) is 3.08. The zero-order valence-corrected chi connectivity index (χ0v) is 16.4. The Morgan fingerprint density at radius 1 is 0.900 bits per heavy atom. The van der Waals surface area contributed by atoms with Crippen LogP contribution in [0.5, 0.6) is 5.75 Å². The molecule has 0 atom stereocenters. The van der Waals surface area contributed by atoms with Crippen LogP contribution in [0.25, 0.3) is 16.9 Å². The lowest BCUT2D eigenvalue weighted by Gasteiger charge is -2.37. The Kier molecular flexibility index (Phi) is 4.62. The van der Waals surface area contributed by atoms with Crippen LogP contribution in [0.4, 0.5) is 15.9 Å². The number of nitrogens with zero attached hydrogens (tertiary/aromatic N) is 7. The first kappa shape index (κ1) is 18.3. The van der Waals surface area contributed by atoms with Crippen LogP contribution in [0.1, 0.15) is 0 Å². The zero-order chi connectivity index (χ0) is 20.5. The molecule has 0 N–H and O–H groups in total. The van der Waals surface area contributed by atoms with Gasteiger partial charge in [-0.1, -0.05) is 12.1 Å². The molecule has 1 saturated heterocycles. The Morgan fingerprint density at radius 3 is 2.50 bits per heavy atom. The van der Waals surface area contributed by atoms with E-state index in [9.17, 15) is 4.39 Å². The number of aromatic nitrogens is 5. The number of benzene rings is 1. The molecule has 1 aliphatic heterocycles. The van der Waals surface area contributed by atoms with Gasteiger partial charge in [-0.25, -0.2) is 19.3 Å². The molecule has 1 aromatic carbocycles. The van der Waals surface area contributed by atoms with Crippen molar-refractivity contribution in [3.8, 4) is 11.6 Å². The topological polar surface area (TPSA) is 72.2 Å². The quantitative estimate of drug-likeness (QED) is 0.517. The molecule has 0 unspecified atom stereocenters. The van der Waals surface area contributed by atoms with Crippen LogP contribution in [0, 0.1) is 5.82 Å². The van der Waals surface area contributed by atoms with Crippen molar-refractivity contribution < 1.29 is 9.13 Å². The van der Waals surface area contributed by atoms with E-state index in [1.54, 1.807) is 19.4 Å². The van der Waals surface area contributed by atoms with Gasteiger partial charge in [-0.3, -0.25) is 0 Å². The number of ether oxygens (including phenoxy) is 1. The molecule has 8 nitrogen and oxygen atoms in total. The molecule has 0 saturated carbocycles. The minimum absolute atomic E-state index is 0.123. The van der Waals surface area contributed by atoms with Crippen molar-refractivity contribution in [1.82, 2.24) is 24.7 Å². The molecule has 0 radical (unpaired) electrons. The zero-order valence-electron chi connectivity index (χ0n) is 16.4. The van der Waals surface area contributed by atoms with Crippen LogP contribution < -0.4 is 14.5 Å². The molecule has 30 heavy (non-hydrogen) atoms. The fourth-order valence-electron chi connectivity index (χ4n) is 3.82. The van der Waals surface area contributed by atoms with Crippen LogP contribution in [0.15, 0.2) is 55.1 Å². The molecule has 0 spiro atoms. The molecular formula is C21H20FN7O. The van der Waals surface area contributed by atoms with Crippen molar-refractivity contribution in [1.29, 1.82) is 0 Å². The van der Waals surface area contributed by atoms with Gasteiger partial charge in [0.05, 0.1) is 24.4 Å². The van der Waals surface area contributed by atoms with E-state index in [1.807, 2.05) is 18.2 Å². The third-order valence-corrected chi connectivity index (χ3v) is 5.29. The van der Waals surface area contributed by atoms with E-state index in [2.05, 4.69) is 35.9 Å². The predicted octanol–water partition coefficient (Wildman–Crippen LogP) is 2.68. The normalized spacial score (nSPS) is 14.3. The summed E-state index contributed by atoms with van der Waals surface area (Å²) in [4.78, 5) is 17.4. The number of anilines is 2. The number of fused-ring (bicyclic) bond motifs is 1. The summed E-state index contributed by atoms with van der Waals surface area (Å²) < 4.78 is 21.1. The fourth-order valence-corrected chi connectivity index (χ4v) is 3.82. The van der Waals surface area contributed by atoms with Gasteiger partial charge in [-0.2, -0.15) is 9.78 Å².